The number of thiophene rings is 1. The van der Waals surface area contributed by atoms with Crippen LogP contribution in [0.4, 0.5) is 0 Å². The van der Waals surface area contributed by atoms with E-state index < -0.39 is 18.0 Å². The molecular formula is C26H20N2O6S2. The average molecular weight is 521 g/mol. The molecule has 182 valence electrons. The number of allylic oxidation sites excluding steroid dienone is 1. The Labute approximate surface area is 212 Å². The third-order valence-electron chi connectivity index (χ3n) is 5.62. The van der Waals surface area contributed by atoms with Gasteiger partial charge in [-0.1, -0.05) is 29.5 Å². The van der Waals surface area contributed by atoms with E-state index in [1.54, 1.807) is 44.2 Å². The van der Waals surface area contributed by atoms with Gasteiger partial charge in [0.1, 0.15) is 17.6 Å². The fourth-order valence-electron chi connectivity index (χ4n) is 4.03. The van der Waals surface area contributed by atoms with Crippen molar-refractivity contribution in [3.8, 4) is 11.3 Å². The van der Waals surface area contributed by atoms with E-state index in [0.717, 1.165) is 4.88 Å². The fraction of sp³-hybridized carbons (Fsp3) is 0.154. The maximum absolute atomic E-state index is 13.6. The summed E-state index contributed by atoms with van der Waals surface area (Å²) in [5.74, 6) is -0.604. The second-order valence-electron chi connectivity index (χ2n) is 7.91. The first-order valence-electron chi connectivity index (χ1n) is 11.0. The maximum atomic E-state index is 13.6. The molecule has 1 aromatic carbocycles. The Morgan fingerprint density at radius 2 is 2.06 bits per heavy atom. The zero-order valence-corrected chi connectivity index (χ0v) is 20.9. The second-order valence-corrected chi connectivity index (χ2v) is 9.89. The van der Waals surface area contributed by atoms with E-state index in [4.69, 9.17) is 9.15 Å². The van der Waals surface area contributed by atoms with Crippen LogP contribution < -0.4 is 14.9 Å². The summed E-state index contributed by atoms with van der Waals surface area (Å²) < 4.78 is 13.1. The first-order chi connectivity index (χ1) is 17.4. The van der Waals surface area contributed by atoms with Crippen molar-refractivity contribution in [2.75, 3.05) is 6.61 Å². The zero-order valence-electron chi connectivity index (χ0n) is 19.3. The number of nitrogens with zero attached hydrogens (tertiary/aromatic N) is 2. The predicted octanol–water partition coefficient (Wildman–Crippen LogP) is 3.82. The number of aromatic nitrogens is 1. The van der Waals surface area contributed by atoms with Crippen molar-refractivity contribution >= 4 is 40.7 Å². The number of ether oxygens (including phenoxy) is 1. The lowest BCUT2D eigenvalue weighted by Gasteiger charge is -2.23. The molecule has 1 aliphatic heterocycles. The van der Waals surface area contributed by atoms with Gasteiger partial charge in [0.2, 0.25) is 0 Å². The van der Waals surface area contributed by atoms with E-state index in [-0.39, 0.29) is 17.7 Å². The molecule has 0 amide bonds. The number of fused-ring (bicyclic) bond motifs is 1. The van der Waals surface area contributed by atoms with Crippen LogP contribution in [0.5, 0.6) is 0 Å². The lowest BCUT2D eigenvalue weighted by atomic mass is 10.0. The quantitative estimate of drug-likeness (QED) is 0.387. The predicted molar refractivity (Wildman–Crippen MR) is 136 cm³/mol. The van der Waals surface area contributed by atoms with Crippen LogP contribution in [-0.4, -0.2) is 28.2 Å². The summed E-state index contributed by atoms with van der Waals surface area (Å²) in [5, 5.41) is 11.1. The number of benzene rings is 1. The number of furan rings is 1. The van der Waals surface area contributed by atoms with Gasteiger partial charge in [-0.3, -0.25) is 9.36 Å². The monoisotopic (exact) mass is 520 g/mol. The van der Waals surface area contributed by atoms with Gasteiger partial charge in [0.15, 0.2) is 4.80 Å². The smallest absolute Gasteiger partial charge is 0.338 e. The number of thiazole rings is 1. The van der Waals surface area contributed by atoms with Crippen molar-refractivity contribution < 1.29 is 23.8 Å². The van der Waals surface area contributed by atoms with Gasteiger partial charge in [0, 0.05) is 16.5 Å². The Hall–Kier alpha value is -4.02. The van der Waals surface area contributed by atoms with Crippen molar-refractivity contribution in [1.29, 1.82) is 0 Å². The molecule has 3 aromatic heterocycles. The molecule has 10 heteroatoms. The van der Waals surface area contributed by atoms with Crippen LogP contribution in [0.2, 0.25) is 0 Å². The molecule has 1 atom stereocenters. The summed E-state index contributed by atoms with van der Waals surface area (Å²) in [5.41, 5.74) is 1.33. The van der Waals surface area contributed by atoms with E-state index in [9.17, 15) is 19.5 Å². The van der Waals surface area contributed by atoms with Crippen LogP contribution in [0.15, 0.2) is 79.4 Å². The molecular weight excluding hydrogens is 500 g/mol. The normalized spacial score (nSPS) is 15.5. The van der Waals surface area contributed by atoms with Crippen LogP contribution in [-0.2, 0) is 9.53 Å². The van der Waals surface area contributed by atoms with Crippen LogP contribution in [0.25, 0.3) is 17.4 Å². The molecule has 5 rings (SSSR count). The van der Waals surface area contributed by atoms with Gasteiger partial charge < -0.3 is 14.3 Å². The minimum atomic E-state index is -1.03. The molecule has 0 saturated carbocycles. The van der Waals surface area contributed by atoms with Gasteiger partial charge in [-0.25, -0.2) is 14.6 Å². The van der Waals surface area contributed by atoms with Crippen molar-refractivity contribution in [3.05, 3.63) is 101 Å². The van der Waals surface area contributed by atoms with Crippen LogP contribution in [0, 0.1) is 0 Å². The Bertz CT molecular complexity index is 1690. The Kier molecular flexibility index (Phi) is 6.29. The molecule has 4 heterocycles. The van der Waals surface area contributed by atoms with Gasteiger partial charge in [-0.15, -0.1) is 11.3 Å². The highest BCUT2D eigenvalue weighted by Crippen LogP contribution is 2.33. The molecule has 8 nitrogen and oxygen atoms in total. The lowest BCUT2D eigenvalue weighted by molar-refractivity contribution is -0.139. The summed E-state index contributed by atoms with van der Waals surface area (Å²) >= 11 is 2.66. The molecule has 0 bridgehead atoms. The molecule has 0 aliphatic carbocycles. The first kappa shape index (κ1) is 23.7. The van der Waals surface area contributed by atoms with Gasteiger partial charge in [-0.2, -0.15) is 0 Å². The van der Waals surface area contributed by atoms with E-state index in [2.05, 4.69) is 4.99 Å². The zero-order chi connectivity index (χ0) is 25.4. The summed E-state index contributed by atoms with van der Waals surface area (Å²) in [6.45, 7) is 3.69. The third kappa shape index (κ3) is 4.25. The SMILES string of the molecule is CCOC(=O)C1=C(C)N=c2s/c(=C/c3ccc(-c4cccc(C(=O)O)c4)o3)c(=O)n2[C@@H]1c1cccs1. The molecule has 0 spiro atoms. The Morgan fingerprint density at radius 1 is 1.22 bits per heavy atom. The van der Waals surface area contributed by atoms with Gasteiger partial charge >= 0.3 is 11.9 Å². The topological polar surface area (TPSA) is 111 Å². The molecule has 1 aliphatic rings. The molecule has 0 fully saturated rings. The first-order valence-corrected chi connectivity index (χ1v) is 12.7. The molecule has 4 aromatic rings. The van der Waals surface area contributed by atoms with Crippen LogP contribution in [0.3, 0.4) is 0 Å². The number of carboxylic acid groups (broad SMARTS) is 1. The fourth-order valence-corrected chi connectivity index (χ4v) is 5.88. The number of esters is 1. The number of rotatable bonds is 6. The minimum Gasteiger partial charge on any atom is -0.478 e. The maximum Gasteiger partial charge on any atom is 0.338 e. The van der Waals surface area contributed by atoms with Crippen LogP contribution in [0.1, 0.15) is 40.9 Å². The average Bonchev–Trinajstić information content (AvgIpc) is 3.60. The summed E-state index contributed by atoms with van der Waals surface area (Å²) in [6, 6.07) is 13.0. The van der Waals surface area contributed by atoms with Crippen molar-refractivity contribution in [2.24, 2.45) is 4.99 Å². The summed E-state index contributed by atoms with van der Waals surface area (Å²) in [7, 11) is 0. The lowest BCUT2D eigenvalue weighted by Crippen LogP contribution is -2.39. The second kappa shape index (κ2) is 9.56. The highest BCUT2D eigenvalue weighted by molar-refractivity contribution is 7.10. The highest BCUT2D eigenvalue weighted by Gasteiger charge is 2.33. The minimum absolute atomic E-state index is 0.153. The number of aromatic carboxylic acids is 1. The molecule has 1 N–H and O–H groups in total. The third-order valence-corrected chi connectivity index (χ3v) is 7.53. The van der Waals surface area contributed by atoms with Crippen molar-refractivity contribution in [3.63, 3.8) is 0 Å². The van der Waals surface area contributed by atoms with Crippen LogP contribution >= 0.6 is 22.7 Å². The molecule has 0 radical (unpaired) electrons. The van der Waals surface area contributed by atoms with Gasteiger partial charge in [-0.05, 0) is 49.6 Å². The largest absolute Gasteiger partial charge is 0.478 e. The Morgan fingerprint density at radius 3 is 2.78 bits per heavy atom. The van der Waals surface area contributed by atoms with Crippen molar-refractivity contribution in [1.82, 2.24) is 4.57 Å². The van der Waals surface area contributed by atoms with Gasteiger partial charge in [0.05, 0.1) is 28.0 Å². The number of carbonyl (C=O) groups is 2. The van der Waals surface area contributed by atoms with E-state index in [1.807, 2.05) is 17.5 Å². The Balaban J connectivity index is 1.60. The van der Waals surface area contributed by atoms with E-state index in [0.29, 0.717) is 37.7 Å². The van der Waals surface area contributed by atoms with Gasteiger partial charge in [0.25, 0.3) is 5.56 Å². The number of carboxylic acids is 1. The molecule has 0 saturated heterocycles. The number of hydrogen-bond acceptors (Lipinski definition) is 8. The van der Waals surface area contributed by atoms with E-state index >= 15 is 0 Å². The number of hydrogen-bond donors (Lipinski definition) is 1. The molecule has 36 heavy (non-hydrogen) atoms. The summed E-state index contributed by atoms with van der Waals surface area (Å²) in [4.78, 5) is 43.5. The van der Waals surface area contributed by atoms with E-state index in [1.165, 1.54) is 39.4 Å². The van der Waals surface area contributed by atoms with Crippen molar-refractivity contribution in [2.45, 2.75) is 19.9 Å². The molecule has 0 unspecified atom stereocenters. The highest BCUT2D eigenvalue weighted by atomic mass is 32.1. The summed E-state index contributed by atoms with van der Waals surface area (Å²) in [6.07, 6.45) is 1.63. The number of carbonyl (C=O) groups excluding carboxylic acids is 1. The standard InChI is InChI=1S/C26H20N2O6S2/c1-3-33-25(32)21-14(2)27-26-28(22(21)19-8-5-11-35-19)23(29)20(36-26)13-17-9-10-18(34-17)15-6-4-7-16(12-15)24(30)31/h4-13,22H,3H2,1-2H3,(H,30,31)/b20-13+/t22-/m1/s1.